The number of nitrogens with zero attached hydrogens (tertiary/aromatic N) is 1. The lowest BCUT2D eigenvalue weighted by molar-refractivity contribution is 0.145. The highest BCUT2D eigenvalue weighted by atomic mass is 35.5. The van der Waals surface area contributed by atoms with Gasteiger partial charge in [0.05, 0.1) is 6.61 Å². The summed E-state index contributed by atoms with van der Waals surface area (Å²) in [4.78, 5) is 0. The predicted molar refractivity (Wildman–Crippen MR) is 71.9 cm³/mol. The minimum absolute atomic E-state index is 0.198. The fraction of sp³-hybridized carbons (Fsp3) is 0.231. The molecular weight excluding hydrogens is 254 g/mol. The molecule has 2 nitrogen and oxygen atoms in total. The number of rotatable bonds is 2. The van der Waals surface area contributed by atoms with Gasteiger partial charge in [0.25, 0.3) is 0 Å². The van der Waals surface area contributed by atoms with Gasteiger partial charge in [-0.15, -0.1) is 11.8 Å². The molecule has 17 heavy (non-hydrogen) atoms. The highest BCUT2D eigenvalue weighted by molar-refractivity contribution is 7.99. The fourth-order valence-electron chi connectivity index (χ4n) is 1.88. The van der Waals surface area contributed by atoms with Crippen molar-refractivity contribution < 1.29 is 4.74 Å². The zero-order valence-electron chi connectivity index (χ0n) is 9.17. The van der Waals surface area contributed by atoms with Crippen molar-refractivity contribution >= 4 is 23.4 Å². The molecule has 0 aliphatic carbocycles. The Balaban J connectivity index is 1.86. The molecule has 4 heteroatoms. The summed E-state index contributed by atoms with van der Waals surface area (Å²) in [6.07, 6.45) is 4.17. The van der Waals surface area contributed by atoms with Gasteiger partial charge in [0.1, 0.15) is 5.44 Å². The molecule has 1 fully saturated rings. The molecule has 2 aromatic rings. The third-order valence-corrected chi connectivity index (χ3v) is 4.10. The van der Waals surface area contributed by atoms with E-state index in [1.54, 1.807) is 0 Å². The third-order valence-electron chi connectivity index (χ3n) is 2.73. The van der Waals surface area contributed by atoms with E-state index < -0.39 is 0 Å². The highest BCUT2D eigenvalue weighted by Crippen LogP contribution is 2.35. The van der Waals surface area contributed by atoms with Crippen LogP contribution in [0.3, 0.4) is 0 Å². The summed E-state index contributed by atoms with van der Waals surface area (Å²) in [5.41, 5.74) is 2.54. The lowest BCUT2D eigenvalue weighted by atomic mass is 10.3. The Morgan fingerprint density at radius 2 is 2.06 bits per heavy atom. The Bertz CT molecular complexity index is 502. The molecule has 2 heterocycles. The number of aromatic nitrogens is 1. The lowest BCUT2D eigenvalue weighted by Crippen LogP contribution is -1.92. The first-order valence-corrected chi connectivity index (χ1v) is 6.93. The second-order valence-electron chi connectivity index (χ2n) is 3.90. The van der Waals surface area contributed by atoms with Crippen molar-refractivity contribution in [2.45, 2.75) is 5.44 Å². The minimum atomic E-state index is 0.198. The van der Waals surface area contributed by atoms with Crippen LogP contribution in [0, 0.1) is 0 Å². The van der Waals surface area contributed by atoms with Crippen molar-refractivity contribution in [3.63, 3.8) is 0 Å². The van der Waals surface area contributed by atoms with Gasteiger partial charge in [0, 0.05) is 34.4 Å². The van der Waals surface area contributed by atoms with Crippen molar-refractivity contribution in [3.05, 3.63) is 53.3 Å². The second-order valence-corrected chi connectivity index (χ2v) is 5.51. The standard InChI is InChI=1S/C13H12ClNOS/c14-11-1-3-12(4-2-11)15-6-5-10(9-15)13-16-7-8-17-13/h1-6,9,13H,7-8H2. The third kappa shape index (κ3) is 2.37. The average molecular weight is 266 g/mol. The first-order valence-electron chi connectivity index (χ1n) is 5.50. The fourth-order valence-corrected chi connectivity index (χ4v) is 2.93. The van der Waals surface area contributed by atoms with Gasteiger partial charge in [0.2, 0.25) is 0 Å². The molecule has 1 atom stereocenters. The van der Waals surface area contributed by atoms with Crippen LogP contribution < -0.4 is 0 Å². The molecule has 88 valence electrons. The van der Waals surface area contributed by atoms with E-state index in [2.05, 4.69) is 23.0 Å². The summed E-state index contributed by atoms with van der Waals surface area (Å²) in [7, 11) is 0. The highest BCUT2D eigenvalue weighted by Gasteiger charge is 2.19. The van der Waals surface area contributed by atoms with E-state index in [0.29, 0.717) is 0 Å². The molecule has 3 rings (SSSR count). The number of thioether (sulfide) groups is 1. The first-order chi connectivity index (χ1) is 8.33. The monoisotopic (exact) mass is 265 g/mol. The Kier molecular flexibility index (Phi) is 3.14. The van der Waals surface area contributed by atoms with Crippen molar-refractivity contribution in [2.24, 2.45) is 0 Å². The second kappa shape index (κ2) is 4.77. The van der Waals surface area contributed by atoms with Crippen LogP contribution in [0.15, 0.2) is 42.7 Å². The largest absolute Gasteiger partial charge is 0.362 e. The molecule has 1 unspecified atom stereocenters. The molecule has 0 radical (unpaired) electrons. The summed E-state index contributed by atoms with van der Waals surface area (Å²) < 4.78 is 7.73. The quantitative estimate of drug-likeness (QED) is 0.818. The van der Waals surface area contributed by atoms with Crippen LogP contribution in [0.5, 0.6) is 0 Å². The van der Waals surface area contributed by atoms with Gasteiger partial charge in [-0.05, 0) is 30.3 Å². The van der Waals surface area contributed by atoms with Crippen molar-refractivity contribution in [1.82, 2.24) is 4.57 Å². The molecule has 1 aliphatic heterocycles. The molecule has 0 N–H and O–H groups in total. The zero-order chi connectivity index (χ0) is 11.7. The van der Waals surface area contributed by atoms with Crippen LogP contribution >= 0.6 is 23.4 Å². The van der Waals surface area contributed by atoms with Gasteiger partial charge in [-0.25, -0.2) is 0 Å². The number of halogens is 1. The van der Waals surface area contributed by atoms with Crippen LogP contribution in [-0.4, -0.2) is 16.9 Å². The maximum absolute atomic E-state index is 5.88. The van der Waals surface area contributed by atoms with E-state index in [0.717, 1.165) is 23.1 Å². The van der Waals surface area contributed by atoms with E-state index in [4.69, 9.17) is 16.3 Å². The van der Waals surface area contributed by atoms with Crippen LogP contribution in [-0.2, 0) is 4.74 Å². The molecule has 0 bridgehead atoms. The van der Waals surface area contributed by atoms with Crippen LogP contribution in [0.4, 0.5) is 0 Å². The van der Waals surface area contributed by atoms with E-state index in [1.807, 2.05) is 36.0 Å². The minimum Gasteiger partial charge on any atom is -0.362 e. The number of hydrogen-bond donors (Lipinski definition) is 0. The van der Waals surface area contributed by atoms with E-state index >= 15 is 0 Å². The van der Waals surface area contributed by atoms with Crippen LogP contribution in [0.25, 0.3) is 5.69 Å². The summed E-state index contributed by atoms with van der Waals surface area (Å²) in [6.45, 7) is 0.849. The van der Waals surface area contributed by atoms with E-state index in [9.17, 15) is 0 Å². The van der Waals surface area contributed by atoms with E-state index in [1.165, 1.54) is 5.56 Å². The number of ether oxygens (including phenoxy) is 1. The summed E-state index contributed by atoms with van der Waals surface area (Å²) in [6, 6.07) is 9.93. The van der Waals surface area contributed by atoms with Crippen molar-refractivity contribution in [2.75, 3.05) is 12.4 Å². The molecule has 1 aliphatic rings. The Hall–Kier alpha value is -0.900. The summed E-state index contributed by atoms with van der Waals surface area (Å²) in [5, 5.41) is 0.760. The Morgan fingerprint density at radius 3 is 2.76 bits per heavy atom. The Morgan fingerprint density at radius 1 is 1.24 bits per heavy atom. The van der Waals surface area contributed by atoms with E-state index in [-0.39, 0.29) is 5.44 Å². The van der Waals surface area contributed by atoms with Crippen LogP contribution in [0.2, 0.25) is 5.02 Å². The first kappa shape index (κ1) is 11.2. The van der Waals surface area contributed by atoms with Gasteiger partial charge in [-0.1, -0.05) is 11.6 Å². The zero-order valence-corrected chi connectivity index (χ0v) is 10.7. The van der Waals surface area contributed by atoms with Crippen LogP contribution in [0.1, 0.15) is 11.0 Å². The summed E-state index contributed by atoms with van der Waals surface area (Å²) in [5.74, 6) is 1.08. The average Bonchev–Trinajstić information content (AvgIpc) is 3.00. The molecule has 0 saturated carbocycles. The summed E-state index contributed by atoms with van der Waals surface area (Å²) >= 11 is 7.73. The molecule has 1 aromatic carbocycles. The molecule has 1 aromatic heterocycles. The van der Waals surface area contributed by atoms with Gasteiger partial charge in [-0.2, -0.15) is 0 Å². The molecular formula is C13H12ClNOS. The maximum atomic E-state index is 5.88. The maximum Gasteiger partial charge on any atom is 0.130 e. The number of benzene rings is 1. The predicted octanol–water partition coefficient (Wildman–Crippen LogP) is 3.89. The Labute approximate surface area is 110 Å². The molecule has 1 saturated heterocycles. The van der Waals surface area contributed by atoms with Gasteiger partial charge in [-0.3, -0.25) is 0 Å². The van der Waals surface area contributed by atoms with Gasteiger partial charge < -0.3 is 9.30 Å². The smallest absolute Gasteiger partial charge is 0.130 e. The topological polar surface area (TPSA) is 14.2 Å². The molecule has 0 amide bonds. The van der Waals surface area contributed by atoms with Gasteiger partial charge >= 0.3 is 0 Å². The SMILES string of the molecule is Clc1ccc(-n2ccc(C3OCCS3)c2)cc1. The van der Waals surface area contributed by atoms with Crippen molar-refractivity contribution in [3.8, 4) is 5.69 Å². The molecule has 0 spiro atoms. The normalized spacial score (nSPS) is 19.7. The van der Waals surface area contributed by atoms with Gasteiger partial charge in [0.15, 0.2) is 0 Å². The number of hydrogen-bond acceptors (Lipinski definition) is 2. The lowest BCUT2D eigenvalue weighted by Gasteiger charge is -2.06. The van der Waals surface area contributed by atoms with Crippen molar-refractivity contribution in [1.29, 1.82) is 0 Å².